The first-order chi connectivity index (χ1) is 13.8. The molecule has 2 heterocycles. The van der Waals surface area contributed by atoms with Crippen molar-refractivity contribution in [2.45, 2.75) is 56.4 Å². The van der Waals surface area contributed by atoms with Gasteiger partial charge in [0, 0.05) is 18.5 Å². The molecule has 2 aromatic rings. The maximum Gasteiger partial charge on any atom is 0.410 e. The van der Waals surface area contributed by atoms with Gasteiger partial charge in [-0.25, -0.2) is 18.0 Å². The minimum absolute atomic E-state index is 0.00101. The molecular weight excluding hydrogens is 383 g/mol. The number of amides is 1. The Morgan fingerprint density at radius 3 is 2.21 bits per heavy atom. The van der Waals surface area contributed by atoms with E-state index in [-0.39, 0.29) is 43.5 Å². The molecule has 29 heavy (non-hydrogen) atoms. The Bertz CT molecular complexity index is 868. The highest BCUT2D eigenvalue weighted by atomic mass is 19.2. The van der Waals surface area contributed by atoms with Crippen molar-refractivity contribution < 1.29 is 27.8 Å². The van der Waals surface area contributed by atoms with Crippen LogP contribution in [0.4, 0.5) is 18.0 Å². The van der Waals surface area contributed by atoms with Crippen LogP contribution in [0.15, 0.2) is 42.5 Å². The first-order valence-electron chi connectivity index (χ1n) is 9.69. The van der Waals surface area contributed by atoms with Crippen LogP contribution in [0.1, 0.15) is 36.8 Å². The highest BCUT2D eigenvalue weighted by Gasteiger charge is 2.50. The monoisotopic (exact) mass is 405 g/mol. The van der Waals surface area contributed by atoms with Crippen molar-refractivity contribution in [1.82, 2.24) is 4.90 Å². The van der Waals surface area contributed by atoms with E-state index in [1.807, 2.05) is 30.3 Å². The fourth-order valence-corrected chi connectivity index (χ4v) is 4.65. The van der Waals surface area contributed by atoms with Gasteiger partial charge in [0.2, 0.25) is 0 Å². The first-order valence-corrected chi connectivity index (χ1v) is 9.69. The lowest BCUT2D eigenvalue weighted by Crippen LogP contribution is -2.54. The number of nitrogens with zero attached hydrogens (tertiary/aromatic N) is 1. The topological polar surface area (TPSA) is 49.8 Å². The number of carbonyl (C=O) groups excluding carboxylic acids is 1. The third-order valence-electron chi connectivity index (χ3n) is 5.84. The molecule has 0 saturated carbocycles. The average molecular weight is 405 g/mol. The summed E-state index contributed by atoms with van der Waals surface area (Å²) in [6.45, 7) is 0.175. The zero-order valence-corrected chi connectivity index (χ0v) is 15.8. The lowest BCUT2D eigenvalue weighted by Gasteiger charge is -2.43. The number of aliphatic hydroxyl groups is 1. The minimum Gasteiger partial charge on any atom is -0.445 e. The van der Waals surface area contributed by atoms with Gasteiger partial charge in [-0.3, -0.25) is 0 Å². The fraction of sp³-hybridized carbons (Fsp3) is 0.409. The number of benzene rings is 2. The number of piperidine rings is 1. The predicted octanol–water partition coefficient (Wildman–Crippen LogP) is 4.34. The second-order valence-corrected chi connectivity index (χ2v) is 8.02. The zero-order valence-electron chi connectivity index (χ0n) is 15.8. The van der Waals surface area contributed by atoms with Crippen LogP contribution < -0.4 is 0 Å². The third kappa shape index (κ3) is 4.10. The van der Waals surface area contributed by atoms with Crippen molar-refractivity contribution in [2.24, 2.45) is 0 Å². The number of hydrogen-bond acceptors (Lipinski definition) is 3. The number of halogens is 3. The molecule has 4 nitrogen and oxygen atoms in total. The van der Waals surface area contributed by atoms with Gasteiger partial charge in [-0.05, 0) is 48.9 Å². The van der Waals surface area contributed by atoms with Crippen LogP contribution in [0.5, 0.6) is 0 Å². The van der Waals surface area contributed by atoms with Gasteiger partial charge in [-0.1, -0.05) is 30.3 Å². The summed E-state index contributed by atoms with van der Waals surface area (Å²) in [5.74, 6) is -4.06. The van der Waals surface area contributed by atoms with Gasteiger partial charge in [0.25, 0.3) is 0 Å². The predicted molar refractivity (Wildman–Crippen MR) is 99.5 cm³/mol. The van der Waals surface area contributed by atoms with E-state index in [0.717, 1.165) is 30.5 Å². The molecule has 2 aromatic carbocycles. The van der Waals surface area contributed by atoms with Crippen LogP contribution in [0, 0.1) is 17.5 Å². The standard InChI is InChI=1S/C22H22F3NO3/c23-18-8-15(9-19(24)20(18)25)10-22(28)11-16-6-7-17(12-22)26(16)21(27)29-13-14-4-2-1-3-5-14/h1-5,8-9,16-17,28H,6-7,10-13H2. The molecule has 7 heteroatoms. The normalized spacial score (nSPS) is 25.9. The summed E-state index contributed by atoms with van der Waals surface area (Å²) >= 11 is 0. The van der Waals surface area contributed by atoms with Gasteiger partial charge in [-0.2, -0.15) is 0 Å². The smallest absolute Gasteiger partial charge is 0.410 e. The fourth-order valence-electron chi connectivity index (χ4n) is 4.65. The van der Waals surface area contributed by atoms with Crippen LogP contribution in [0.3, 0.4) is 0 Å². The molecule has 2 unspecified atom stereocenters. The highest BCUT2D eigenvalue weighted by Crippen LogP contribution is 2.42. The van der Waals surface area contributed by atoms with Gasteiger partial charge < -0.3 is 14.7 Å². The van der Waals surface area contributed by atoms with Crippen molar-refractivity contribution in [1.29, 1.82) is 0 Å². The van der Waals surface area contributed by atoms with Crippen LogP contribution in [0.25, 0.3) is 0 Å². The minimum atomic E-state index is -1.52. The maximum atomic E-state index is 13.5. The SMILES string of the molecule is O=C(OCc1ccccc1)N1C2CCC1CC(O)(Cc1cc(F)c(F)c(F)c1)C2. The van der Waals surface area contributed by atoms with E-state index in [2.05, 4.69) is 0 Å². The van der Waals surface area contributed by atoms with Crippen LogP contribution in [0.2, 0.25) is 0 Å². The van der Waals surface area contributed by atoms with Gasteiger partial charge in [0.05, 0.1) is 5.60 Å². The van der Waals surface area contributed by atoms with E-state index in [4.69, 9.17) is 4.74 Å². The summed E-state index contributed by atoms with van der Waals surface area (Å²) in [7, 11) is 0. The lowest BCUT2D eigenvalue weighted by atomic mass is 9.81. The number of fused-ring (bicyclic) bond motifs is 2. The maximum absolute atomic E-state index is 13.5. The van der Waals surface area contributed by atoms with E-state index >= 15 is 0 Å². The molecule has 0 aliphatic carbocycles. The summed E-state index contributed by atoms with van der Waals surface area (Å²) in [4.78, 5) is 14.3. The highest BCUT2D eigenvalue weighted by molar-refractivity contribution is 5.69. The van der Waals surface area contributed by atoms with Crippen molar-refractivity contribution in [2.75, 3.05) is 0 Å². The van der Waals surface area contributed by atoms with Gasteiger partial charge in [0.1, 0.15) is 6.61 Å². The molecule has 2 aliphatic rings. The molecule has 0 radical (unpaired) electrons. The zero-order chi connectivity index (χ0) is 20.6. The summed E-state index contributed by atoms with van der Waals surface area (Å²) in [5, 5.41) is 11.0. The Hall–Kier alpha value is -2.54. The van der Waals surface area contributed by atoms with Crippen molar-refractivity contribution in [3.8, 4) is 0 Å². The molecule has 2 fully saturated rings. The van der Waals surface area contributed by atoms with Gasteiger partial charge in [-0.15, -0.1) is 0 Å². The molecule has 0 spiro atoms. The Kier molecular flexibility index (Phi) is 5.25. The van der Waals surface area contributed by atoms with Gasteiger partial charge in [0.15, 0.2) is 17.5 Å². The van der Waals surface area contributed by atoms with E-state index < -0.39 is 29.1 Å². The first kappa shape index (κ1) is 19.8. The second-order valence-electron chi connectivity index (χ2n) is 8.02. The molecule has 0 aromatic heterocycles. The van der Waals surface area contributed by atoms with Crippen molar-refractivity contribution >= 4 is 6.09 Å². The molecule has 2 saturated heterocycles. The largest absolute Gasteiger partial charge is 0.445 e. The van der Waals surface area contributed by atoms with Crippen LogP contribution in [-0.4, -0.2) is 33.8 Å². The summed E-state index contributed by atoms with van der Waals surface area (Å²) in [6.07, 6.45) is 1.62. The quantitative estimate of drug-likeness (QED) is 0.770. The van der Waals surface area contributed by atoms with E-state index in [1.165, 1.54) is 0 Å². The molecule has 1 amide bonds. The third-order valence-corrected chi connectivity index (χ3v) is 5.84. The lowest BCUT2D eigenvalue weighted by molar-refractivity contribution is -0.0486. The molecule has 1 N–H and O–H groups in total. The Balaban J connectivity index is 1.42. The molecule has 154 valence electrons. The molecule has 2 atom stereocenters. The van der Waals surface area contributed by atoms with Crippen molar-refractivity contribution in [3.05, 3.63) is 71.0 Å². The molecular formula is C22H22F3NO3. The van der Waals surface area contributed by atoms with Crippen LogP contribution in [-0.2, 0) is 17.8 Å². The average Bonchev–Trinajstić information content (AvgIpc) is 2.97. The summed E-state index contributed by atoms with van der Waals surface area (Å²) in [5.41, 5.74) is -0.121. The van der Waals surface area contributed by atoms with Crippen molar-refractivity contribution in [3.63, 3.8) is 0 Å². The molecule has 4 rings (SSSR count). The van der Waals surface area contributed by atoms with Gasteiger partial charge >= 0.3 is 6.09 Å². The number of carbonyl (C=O) groups is 1. The summed E-state index contributed by atoms with van der Waals surface area (Å²) < 4.78 is 45.7. The van der Waals surface area contributed by atoms with E-state index in [0.29, 0.717) is 0 Å². The summed E-state index contributed by atoms with van der Waals surface area (Å²) in [6, 6.07) is 10.8. The van der Waals surface area contributed by atoms with E-state index in [9.17, 15) is 23.1 Å². The van der Waals surface area contributed by atoms with E-state index in [1.54, 1.807) is 4.90 Å². The molecule has 2 aliphatic heterocycles. The Labute approximate surface area is 166 Å². The number of ether oxygens (including phenoxy) is 1. The Morgan fingerprint density at radius 2 is 1.62 bits per heavy atom. The second kappa shape index (κ2) is 7.71. The Morgan fingerprint density at radius 1 is 1.03 bits per heavy atom. The molecule has 2 bridgehead atoms. The number of rotatable bonds is 4. The number of hydrogen-bond donors (Lipinski definition) is 1. The van der Waals surface area contributed by atoms with Crippen LogP contribution >= 0.6 is 0 Å².